The van der Waals surface area contributed by atoms with Crippen molar-refractivity contribution in [1.82, 2.24) is 15.0 Å². The average Bonchev–Trinajstić information content (AvgIpc) is 2.89. The zero-order valence-corrected chi connectivity index (χ0v) is 12.3. The lowest BCUT2D eigenvalue weighted by molar-refractivity contribution is -0.393. The molecule has 2 aromatic carbocycles. The van der Waals surface area contributed by atoms with Crippen molar-refractivity contribution >= 4 is 22.4 Å². The van der Waals surface area contributed by atoms with Crippen LogP contribution in [0.3, 0.4) is 0 Å². The van der Waals surface area contributed by atoms with Gasteiger partial charge in [0.2, 0.25) is 0 Å². The third-order valence-corrected chi connectivity index (χ3v) is 3.43. The Morgan fingerprint density at radius 1 is 1.00 bits per heavy atom. The highest BCUT2D eigenvalue weighted by Gasteiger charge is 2.23. The number of rotatable bonds is 3. The summed E-state index contributed by atoms with van der Waals surface area (Å²) in [6.45, 7) is 3.81. The second-order valence-corrected chi connectivity index (χ2v) is 5.13. The summed E-state index contributed by atoms with van der Waals surface area (Å²) in [5.41, 5.74) is 1.89. The molecule has 0 N–H and O–H groups in total. The molecule has 0 unspecified atom stereocenters. The summed E-state index contributed by atoms with van der Waals surface area (Å²) in [6, 6.07) is 7.66. The van der Waals surface area contributed by atoms with Crippen molar-refractivity contribution in [2.75, 3.05) is 0 Å². The molecule has 0 atom stereocenters. The molecule has 9 nitrogen and oxygen atoms in total. The summed E-state index contributed by atoms with van der Waals surface area (Å²) in [5, 5.41) is 30.4. The number of aromatic nitrogens is 3. The second-order valence-electron chi connectivity index (χ2n) is 5.13. The van der Waals surface area contributed by atoms with Crippen LogP contribution in [0.25, 0.3) is 16.7 Å². The molecule has 0 amide bonds. The van der Waals surface area contributed by atoms with Gasteiger partial charge in [-0.25, -0.2) is 0 Å². The molecule has 0 aliphatic heterocycles. The van der Waals surface area contributed by atoms with Gasteiger partial charge in [-0.1, -0.05) is 17.7 Å². The normalized spacial score (nSPS) is 10.9. The van der Waals surface area contributed by atoms with E-state index in [9.17, 15) is 20.2 Å². The zero-order chi connectivity index (χ0) is 16.7. The fourth-order valence-corrected chi connectivity index (χ4v) is 2.37. The number of nitro groups is 2. The van der Waals surface area contributed by atoms with E-state index >= 15 is 0 Å². The fourth-order valence-electron chi connectivity index (χ4n) is 2.37. The Bertz CT molecular complexity index is 963. The molecule has 0 aliphatic rings. The van der Waals surface area contributed by atoms with Crippen LogP contribution < -0.4 is 0 Å². The lowest BCUT2D eigenvalue weighted by atomic mass is 10.1. The number of aryl methyl sites for hydroxylation is 2. The van der Waals surface area contributed by atoms with Gasteiger partial charge in [0.15, 0.2) is 5.52 Å². The van der Waals surface area contributed by atoms with Crippen LogP contribution in [-0.4, -0.2) is 24.8 Å². The van der Waals surface area contributed by atoms with Crippen molar-refractivity contribution in [2.45, 2.75) is 13.8 Å². The molecule has 0 bridgehead atoms. The van der Waals surface area contributed by atoms with E-state index in [0.29, 0.717) is 5.69 Å². The fraction of sp³-hybridized carbons (Fsp3) is 0.143. The van der Waals surface area contributed by atoms with Crippen molar-refractivity contribution < 1.29 is 9.85 Å². The molecule has 23 heavy (non-hydrogen) atoms. The summed E-state index contributed by atoms with van der Waals surface area (Å²) in [6.07, 6.45) is 0. The van der Waals surface area contributed by atoms with Gasteiger partial charge in [-0.3, -0.25) is 20.2 Å². The van der Waals surface area contributed by atoms with Gasteiger partial charge in [-0.2, -0.15) is 0 Å². The van der Waals surface area contributed by atoms with Crippen LogP contribution in [0.4, 0.5) is 11.4 Å². The van der Waals surface area contributed by atoms with E-state index in [0.717, 1.165) is 17.2 Å². The van der Waals surface area contributed by atoms with Crippen LogP contribution >= 0.6 is 0 Å². The minimum Gasteiger partial charge on any atom is -0.258 e. The Kier molecular flexibility index (Phi) is 3.25. The third kappa shape index (κ3) is 2.48. The summed E-state index contributed by atoms with van der Waals surface area (Å²) in [7, 11) is 0. The van der Waals surface area contributed by atoms with E-state index in [-0.39, 0.29) is 11.0 Å². The van der Waals surface area contributed by atoms with Crippen LogP contribution in [0.2, 0.25) is 0 Å². The first-order valence-corrected chi connectivity index (χ1v) is 6.64. The summed E-state index contributed by atoms with van der Waals surface area (Å²) >= 11 is 0. The van der Waals surface area contributed by atoms with Crippen LogP contribution in [-0.2, 0) is 0 Å². The molecule has 0 fully saturated rings. The highest BCUT2D eigenvalue weighted by atomic mass is 16.6. The molecule has 1 heterocycles. The van der Waals surface area contributed by atoms with Crippen molar-refractivity contribution in [3.05, 3.63) is 61.7 Å². The Morgan fingerprint density at radius 3 is 2.35 bits per heavy atom. The summed E-state index contributed by atoms with van der Waals surface area (Å²) < 4.78 is 0. The molecule has 0 saturated heterocycles. The Hall–Kier alpha value is -3.36. The Balaban J connectivity index is 2.27. The van der Waals surface area contributed by atoms with Crippen LogP contribution in [0, 0.1) is 34.1 Å². The first-order chi connectivity index (χ1) is 10.9. The van der Waals surface area contributed by atoms with Crippen molar-refractivity contribution in [2.24, 2.45) is 0 Å². The standard InChI is InChI=1S/C14H11N5O4/c1-8-3-4-12(9(2)5-8)17-15-11-6-10(18(20)21)7-13(19(22)23)14(11)16-17/h3-7H,1-2H3. The van der Waals surface area contributed by atoms with E-state index in [1.165, 1.54) is 10.9 Å². The van der Waals surface area contributed by atoms with Gasteiger partial charge in [0.1, 0.15) is 5.52 Å². The van der Waals surface area contributed by atoms with Crippen molar-refractivity contribution in [3.8, 4) is 5.69 Å². The molecule has 1 aromatic heterocycles. The van der Waals surface area contributed by atoms with Gasteiger partial charge in [-0.15, -0.1) is 15.0 Å². The predicted molar refractivity (Wildman–Crippen MR) is 81.6 cm³/mol. The minimum atomic E-state index is -0.698. The highest BCUT2D eigenvalue weighted by molar-refractivity contribution is 5.86. The first kappa shape index (κ1) is 14.6. The van der Waals surface area contributed by atoms with E-state index < -0.39 is 21.2 Å². The zero-order valence-electron chi connectivity index (χ0n) is 12.3. The second kappa shape index (κ2) is 5.13. The van der Waals surface area contributed by atoms with Crippen molar-refractivity contribution in [1.29, 1.82) is 0 Å². The monoisotopic (exact) mass is 313 g/mol. The van der Waals surface area contributed by atoms with Crippen molar-refractivity contribution in [3.63, 3.8) is 0 Å². The van der Waals surface area contributed by atoms with Gasteiger partial charge in [-0.05, 0) is 25.5 Å². The maximum absolute atomic E-state index is 11.2. The van der Waals surface area contributed by atoms with Crippen LogP contribution in [0.1, 0.15) is 11.1 Å². The number of non-ortho nitro benzene ring substituents is 2. The molecule has 0 spiro atoms. The average molecular weight is 313 g/mol. The lowest BCUT2D eigenvalue weighted by Gasteiger charge is -2.04. The first-order valence-electron chi connectivity index (χ1n) is 6.64. The van der Waals surface area contributed by atoms with Gasteiger partial charge >= 0.3 is 5.69 Å². The summed E-state index contributed by atoms with van der Waals surface area (Å²) in [4.78, 5) is 21.9. The van der Waals surface area contributed by atoms with Gasteiger partial charge in [0, 0.05) is 6.07 Å². The largest absolute Gasteiger partial charge is 0.305 e. The van der Waals surface area contributed by atoms with E-state index in [2.05, 4.69) is 10.2 Å². The minimum absolute atomic E-state index is 0.0144. The lowest BCUT2D eigenvalue weighted by Crippen LogP contribution is -2.01. The van der Waals surface area contributed by atoms with E-state index in [1.807, 2.05) is 26.0 Å². The number of hydrogen-bond donors (Lipinski definition) is 0. The molecular weight excluding hydrogens is 302 g/mol. The van der Waals surface area contributed by atoms with Gasteiger partial charge < -0.3 is 0 Å². The number of benzene rings is 2. The quantitative estimate of drug-likeness (QED) is 0.542. The Morgan fingerprint density at radius 2 is 1.74 bits per heavy atom. The molecule has 9 heteroatoms. The smallest absolute Gasteiger partial charge is 0.258 e. The molecule has 0 aliphatic carbocycles. The molecule has 0 saturated carbocycles. The predicted octanol–water partition coefficient (Wildman–Crippen LogP) is 2.85. The third-order valence-electron chi connectivity index (χ3n) is 3.43. The SMILES string of the molecule is Cc1ccc(-n2nc3cc([N+](=O)[O-])cc([N+](=O)[O-])c3n2)c(C)c1. The van der Waals surface area contributed by atoms with Crippen LogP contribution in [0.5, 0.6) is 0 Å². The molecular formula is C14H11N5O4. The van der Waals surface area contributed by atoms with Crippen LogP contribution in [0.15, 0.2) is 30.3 Å². The maximum Gasteiger partial charge on any atom is 0.305 e. The number of nitrogens with zero attached hydrogens (tertiary/aromatic N) is 5. The van der Waals surface area contributed by atoms with E-state index in [4.69, 9.17) is 0 Å². The highest BCUT2D eigenvalue weighted by Crippen LogP contribution is 2.29. The topological polar surface area (TPSA) is 117 Å². The van der Waals surface area contributed by atoms with Gasteiger partial charge in [0.05, 0.1) is 21.6 Å². The maximum atomic E-state index is 11.2. The van der Waals surface area contributed by atoms with E-state index in [1.54, 1.807) is 6.07 Å². The number of hydrogen-bond acceptors (Lipinski definition) is 6. The molecule has 116 valence electrons. The number of fused-ring (bicyclic) bond motifs is 1. The number of nitro benzene ring substituents is 2. The summed E-state index contributed by atoms with van der Waals surface area (Å²) in [5.74, 6) is 0. The molecule has 3 aromatic rings. The van der Waals surface area contributed by atoms with Gasteiger partial charge in [0.25, 0.3) is 5.69 Å². The Labute approximate surface area is 129 Å². The molecule has 0 radical (unpaired) electrons. The molecule has 3 rings (SSSR count).